The van der Waals surface area contributed by atoms with E-state index in [0.717, 1.165) is 27.1 Å². The molecular weight excluding hydrogens is 385 g/mol. The third kappa shape index (κ3) is 2.46. The molecule has 0 aliphatic heterocycles. The summed E-state index contributed by atoms with van der Waals surface area (Å²) in [7, 11) is 3.08. The summed E-state index contributed by atoms with van der Waals surface area (Å²) in [4.78, 5) is 28.5. The third-order valence-electron chi connectivity index (χ3n) is 5.44. The van der Waals surface area contributed by atoms with Crippen LogP contribution in [0.5, 0.6) is 0 Å². The Morgan fingerprint density at radius 1 is 1.00 bits per heavy atom. The number of hydrogen-bond acceptors (Lipinski definition) is 2. The van der Waals surface area contributed by atoms with E-state index in [1.54, 1.807) is 23.6 Å². The van der Waals surface area contributed by atoms with Gasteiger partial charge in [-0.1, -0.05) is 12.1 Å². The van der Waals surface area contributed by atoms with Crippen molar-refractivity contribution in [2.24, 2.45) is 14.1 Å². The predicted octanol–water partition coefficient (Wildman–Crippen LogP) is 2.21. The van der Waals surface area contributed by atoms with Crippen LogP contribution in [0.4, 0.5) is 4.39 Å². The Balaban J connectivity index is 1.97. The second kappa shape index (κ2) is 6.28. The van der Waals surface area contributed by atoms with Crippen LogP contribution in [0.2, 0.25) is 0 Å². The molecule has 0 aliphatic rings. The van der Waals surface area contributed by atoms with Gasteiger partial charge in [0.15, 0.2) is 0 Å². The number of nitrogens with one attached hydrogen (secondary N) is 1. The van der Waals surface area contributed by atoms with Gasteiger partial charge in [0.2, 0.25) is 11.2 Å². The van der Waals surface area contributed by atoms with E-state index < -0.39 is 11.2 Å². The highest BCUT2D eigenvalue weighted by atomic mass is 19.1. The van der Waals surface area contributed by atoms with Crippen LogP contribution in [0.3, 0.4) is 0 Å². The normalized spacial score (nSPS) is 11.6. The number of aromatic amines is 1. The van der Waals surface area contributed by atoms with Crippen molar-refractivity contribution in [3.8, 4) is 16.9 Å². The van der Waals surface area contributed by atoms with Crippen LogP contribution in [0.15, 0.2) is 64.3 Å². The Bertz CT molecular complexity index is 1570. The largest absolute Gasteiger partial charge is 0.374 e. The highest BCUT2D eigenvalue weighted by Crippen LogP contribution is 2.26. The molecule has 1 N–H and O–H groups in total. The van der Waals surface area contributed by atoms with Gasteiger partial charge in [-0.05, 0) is 48.9 Å². The van der Waals surface area contributed by atoms with Crippen molar-refractivity contribution in [1.29, 1.82) is 0 Å². The van der Waals surface area contributed by atoms with E-state index in [2.05, 4.69) is 4.98 Å². The summed E-state index contributed by atoms with van der Waals surface area (Å²) in [5.41, 5.74) is 3.53. The minimum atomic E-state index is -0.405. The lowest BCUT2D eigenvalue weighted by Gasteiger charge is -2.05. The summed E-state index contributed by atoms with van der Waals surface area (Å²) < 4.78 is 19.7. The Labute approximate surface area is 169 Å². The van der Waals surface area contributed by atoms with Crippen molar-refractivity contribution in [2.45, 2.75) is 6.92 Å². The summed E-state index contributed by atoms with van der Waals surface area (Å²) in [5.74, 6) is 0.299. The molecule has 0 saturated heterocycles. The number of nitrogens with zero attached hydrogens (tertiary/aromatic N) is 4. The predicted molar refractivity (Wildman–Crippen MR) is 111 cm³/mol. The fourth-order valence-corrected chi connectivity index (χ4v) is 3.89. The monoisotopic (exact) mass is 404 g/mol. The number of halogens is 1. The van der Waals surface area contributed by atoms with Gasteiger partial charge in [0.25, 0.3) is 5.56 Å². The molecule has 0 bridgehead atoms. The molecule has 30 heavy (non-hydrogen) atoms. The molecule has 8 heteroatoms. The van der Waals surface area contributed by atoms with Gasteiger partial charge in [0.05, 0.1) is 0 Å². The van der Waals surface area contributed by atoms with Crippen LogP contribution in [-0.2, 0) is 14.1 Å². The van der Waals surface area contributed by atoms with Crippen molar-refractivity contribution in [1.82, 2.24) is 18.7 Å². The van der Waals surface area contributed by atoms with Gasteiger partial charge in [0, 0.05) is 19.7 Å². The van der Waals surface area contributed by atoms with Crippen molar-refractivity contribution in [2.75, 3.05) is 0 Å². The molecule has 3 aromatic heterocycles. The Morgan fingerprint density at radius 2 is 1.73 bits per heavy atom. The maximum absolute atomic E-state index is 13.5. The van der Waals surface area contributed by atoms with Crippen molar-refractivity contribution >= 4 is 16.9 Å². The minimum Gasteiger partial charge on any atom is -0.267 e. The minimum absolute atomic E-state index is 0.319. The van der Waals surface area contributed by atoms with Gasteiger partial charge in [-0.15, -0.1) is 0 Å². The molecule has 0 aliphatic carbocycles. The fraction of sp³-hybridized carbons (Fsp3) is 0.136. The molecule has 0 amide bonds. The lowest BCUT2D eigenvalue weighted by molar-refractivity contribution is -0.479. The summed E-state index contributed by atoms with van der Waals surface area (Å²) in [6.07, 6.45) is 1.83. The average Bonchev–Trinajstić information content (AvgIpc) is 3.27. The quantitative estimate of drug-likeness (QED) is 0.459. The summed E-state index contributed by atoms with van der Waals surface area (Å²) in [6.45, 7) is 2.00. The van der Waals surface area contributed by atoms with Crippen LogP contribution in [0.1, 0.15) is 5.56 Å². The maximum Gasteiger partial charge on any atom is 0.374 e. The van der Waals surface area contributed by atoms with Crippen LogP contribution in [-0.4, -0.2) is 18.7 Å². The summed E-state index contributed by atoms with van der Waals surface area (Å²) in [5, 5.41) is 0. The zero-order chi connectivity index (χ0) is 21.2. The molecule has 0 fully saturated rings. The molecule has 0 spiro atoms. The second-order valence-corrected chi connectivity index (χ2v) is 7.42. The number of hydrogen-bond donors (Lipinski definition) is 1. The SMILES string of the molecule is Cc1cccc(-n2c(-c3ccc(F)cc3)c[n+]3c4c(=O)n(C)c(=O)n(C)c4[nH]c23)c1. The zero-order valence-corrected chi connectivity index (χ0v) is 16.7. The first kappa shape index (κ1) is 18.1. The van der Waals surface area contributed by atoms with Gasteiger partial charge >= 0.3 is 11.5 Å². The topological polar surface area (TPSA) is 68.8 Å². The second-order valence-electron chi connectivity index (χ2n) is 7.42. The van der Waals surface area contributed by atoms with Gasteiger partial charge < -0.3 is 0 Å². The zero-order valence-electron chi connectivity index (χ0n) is 16.7. The number of aromatic nitrogens is 5. The maximum atomic E-state index is 13.5. The molecule has 5 aromatic rings. The molecule has 0 saturated carbocycles. The Kier molecular flexibility index (Phi) is 3.79. The molecule has 3 heterocycles. The third-order valence-corrected chi connectivity index (χ3v) is 5.44. The van der Waals surface area contributed by atoms with Crippen LogP contribution < -0.4 is 15.6 Å². The van der Waals surface area contributed by atoms with Crippen LogP contribution in [0.25, 0.3) is 33.9 Å². The van der Waals surface area contributed by atoms with E-state index in [-0.39, 0.29) is 5.82 Å². The smallest absolute Gasteiger partial charge is 0.267 e. The van der Waals surface area contributed by atoms with E-state index >= 15 is 0 Å². The number of rotatable bonds is 2. The molecule has 0 atom stereocenters. The van der Waals surface area contributed by atoms with Crippen molar-refractivity contribution < 1.29 is 8.79 Å². The molecule has 0 radical (unpaired) electrons. The first-order valence-corrected chi connectivity index (χ1v) is 9.44. The van der Waals surface area contributed by atoms with E-state index in [9.17, 15) is 14.0 Å². The standard InChI is InChI=1S/C22H18FN5O2/c1-13-5-4-6-16(11-13)28-17(14-7-9-15(23)10-8-14)12-27-18-19(24-21(27)28)25(2)22(30)26(3)20(18)29/h4-12H,1-3H3/p+1. The first-order valence-electron chi connectivity index (χ1n) is 9.44. The van der Waals surface area contributed by atoms with E-state index in [0.29, 0.717) is 16.9 Å². The number of H-pyrrole nitrogens is 1. The molecule has 0 unspecified atom stereocenters. The highest BCUT2D eigenvalue weighted by molar-refractivity contribution is 5.72. The van der Waals surface area contributed by atoms with Gasteiger partial charge in [-0.2, -0.15) is 8.97 Å². The average molecular weight is 404 g/mol. The lowest BCUT2D eigenvalue weighted by atomic mass is 10.1. The number of imidazole rings is 2. The number of benzene rings is 2. The molecule has 5 rings (SSSR count). The summed E-state index contributed by atoms with van der Waals surface area (Å²) >= 11 is 0. The van der Waals surface area contributed by atoms with Crippen LogP contribution >= 0.6 is 0 Å². The van der Waals surface area contributed by atoms with Crippen molar-refractivity contribution in [3.63, 3.8) is 0 Å². The lowest BCUT2D eigenvalue weighted by Crippen LogP contribution is -2.39. The number of aryl methyl sites for hydroxylation is 2. The van der Waals surface area contributed by atoms with Crippen LogP contribution in [0, 0.1) is 12.7 Å². The molecule has 150 valence electrons. The first-order chi connectivity index (χ1) is 14.4. The van der Waals surface area contributed by atoms with E-state index in [1.807, 2.05) is 42.0 Å². The molecule has 7 nitrogen and oxygen atoms in total. The van der Waals surface area contributed by atoms with E-state index in [1.165, 1.54) is 23.7 Å². The highest BCUT2D eigenvalue weighted by Gasteiger charge is 2.27. The summed E-state index contributed by atoms with van der Waals surface area (Å²) in [6, 6.07) is 14.1. The van der Waals surface area contributed by atoms with E-state index in [4.69, 9.17) is 0 Å². The van der Waals surface area contributed by atoms with Gasteiger partial charge in [0.1, 0.15) is 23.4 Å². The fourth-order valence-electron chi connectivity index (χ4n) is 3.89. The Hall–Kier alpha value is -3.94. The van der Waals surface area contributed by atoms with Crippen molar-refractivity contribution in [3.05, 3.63) is 86.9 Å². The molecular formula is C22H19FN5O2+. The van der Waals surface area contributed by atoms with Gasteiger partial charge in [-0.25, -0.2) is 14.2 Å². The Morgan fingerprint density at radius 3 is 2.43 bits per heavy atom. The number of fused-ring (bicyclic) bond motifs is 3. The van der Waals surface area contributed by atoms with Gasteiger partial charge in [-0.3, -0.25) is 13.9 Å². The molecule has 2 aromatic carbocycles.